The molecule has 0 aromatic carbocycles. The number of hydrogen-bond acceptors (Lipinski definition) is 1. The molecule has 7 heteroatoms. The fraction of sp³-hybridized carbons (Fsp3) is 0. The largest absolute Gasteiger partial charge is 2.00 e. The Morgan fingerprint density at radius 3 is 1.12 bits per heavy atom. The van der Waals surface area contributed by atoms with Crippen LogP contribution in [-0.4, -0.2) is 91.8 Å². The molecule has 8 heavy (non-hydrogen) atoms. The number of halogens is 2. The van der Waals surface area contributed by atoms with E-state index in [1.807, 2.05) is 0 Å². The maximum absolute atomic E-state index is 8.56. The fourth-order valence-electron chi connectivity index (χ4n) is 0. The Morgan fingerprint density at radius 1 is 1.12 bits per heavy atom. The Labute approximate surface area is 107 Å². The van der Waals surface area contributed by atoms with Gasteiger partial charge in [-0.3, -0.25) is 0 Å². The molecular formula is CH4Ca2F2O3. The van der Waals surface area contributed by atoms with Gasteiger partial charge >= 0.3 is 81.6 Å². The average molecular weight is 182 g/mol. The van der Waals surface area contributed by atoms with Crippen LogP contribution in [-0.2, 0) is 0 Å². The average Bonchev–Trinajstić information content (AvgIpc) is 0.811. The number of hydrogen-bond donors (Lipinski definition) is 2. The van der Waals surface area contributed by atoms with Gasteiger partial charge in [-0.25, -0.2) is 4.79 Å². The summed E-state index contributed by atoms with van der Waals surface area (Å²) >= 11 is 0. The van der Waals surface area contributed by atoms with Crippen LogP contribution in [0.25, 0.3) is 0 Å². The molecule has 0 aromatic rings. The smallest absolute Gasteiger partial charge is 1.00 e. The van der Waals surface area contributed by atoms with Crippen molar-refractivity contribution in [2.45, 2.75) is 0 Å². The zero-order chi connectivity index (χ0) is 3.58. The van der Waals surface area contributed by atoms with Crippen molar-refractivity contribution in [3.8, 4) is 0 Å². The molecule has 0 bridgehead atoms. The molecule has 0 heterocycles. The van der Waals surface area contributed by atoms with Gasteiger partial charge < -0.3 is 22.5 Å². The Hall–Kier alpha value is 1.65. The number of carbonyl (C=O) groups is 1. The maximum Gasteiger partial charge on any atom is 2.00 e. The van der Waals surface area contributed by atoms with E-state index < -0.39 is 6.16 Å². The Bertz CT molecular complexity index is 45.5. The van der Waals surface area contributed by atoms with Gasteiger partial charge in [0.15, 0.2) is 0 Å². The second kappa shape index (κ2) is 23.4. The Kier molecular flexibility index (Phi) is 97.7. The molecular weight excluding hydrogens is 178 g/mol. The monoisotopic (exact) mass is 182 g/mol. The molecule has 0 saturated carbocycles. The molecule has 0 saturated heterocycles. The molecule has 0 spiro atoms. The first kappa shape index (κ1) is 33.4. The van der Waals surface area contributed by atoms with Gasteiger partial charge in [0.05, 0.1) is 0 Å². The van der Waals surface area contributed by atoms with Gasteiger partial charge in [0.2, 0.25) is 0 Å². The zero-order valence-electron chi connectivity index (χ0n) is 5.97. The molecule has 0 radical (unpaired) electrons. The topological polar surface area (TPSA) is 57.5 Å². The van der Waals surface area contributed by atoms with Crippen molar-refractivity contribution in [1.29, 1.82) is 0 Å². The van der Waals surface area contributed by atoms with Crippen molar-refractivity contribution in [1.82, 2.24) is 0 Å². The molecule has 0 rings (SSSR count). The van der Waals surface area contributed by atoms with E-state index in [1.165, 1.54) is 0 Å². The van der Waals surface area contributed by atoms with E-state index in [1.54, 1.807) is 0 Å². The predicted molar refractivity (Wildman–Crippen MR) is 24.4 cm³/mol. The maximum atomic E-state index is 8.56. The quantitative estimate of drug-likeness (QED) is 0.366. The standard InChI is InChI=1S/CH2O3.2Ca.2FH.2H/c2-1(3)4;;;;;;/h(H2,2,3,4);;;2*1H;;/q;2*+2;;;2*-1/p-2. The first-order chi connectivity index (χ1) is 1.73. The molecule has 0 unspecified atom stereocenters. The Balaban J connectivity index is -0.00000000300. The third-order valence-electron chi connectivity index (χ3n) is 0. The predicted octanol–water partition coefficient (Wildman–Crippen LogP) is -6.31. The molecule has 3 nitrogen and oxygen atoms in total. The normalized spacial score (nSPS) is 3.00. The van der Waals surface area contributed by atoms with Gasteiger partial charge in [0.25, 0.3) is 0 Å². The third-order valence-corrected chi connectivity index (χ3v) is 0. The molecule has 0 aliphatic heterocycles. The fourth-order valence-corrected chi connectivity index (χ4v) is 0. The van der Waals surface area contributed by atoms with E-state index in [-0.39, 0.29) is 87.7 Å². The van der Waals surface area contributed by atoms with Crippen LogP contribution in [0.3, 0.4) is 0 Å². The van der Waals surface area contributed by atoms with Gasteiger partial charge in [0.1, 0.15) is 0 Å². The molecule has 0 fully saturated rings. The van der Waals surface area contributed by atoms with Crippen molar-refractivity contribution < 1.29 is 27.3 Å². The van der Waals surface area contributed by atoms with Crippen LogP contribution in [0.5, 0.6) is 0 Å². The number of carboxylic acid groups (broad SMARTS) is 2. The molecule has 2 N–H and O–H groups in total. The van der Waals surface area contributed by atoms with Crippen molar-refractivity contribution in [2.24, 2.45) is 0 Å². The van der Waals surface area contributed by atoms with E-state index in [0.29, 0.717) is 0 Å². The minimum absolute atomic E-state index is 0. The zero-order valence-corrected chi connectivity index (χ0v) is 8.39. The van der Waals surface area contributed by atoms with Crippen molar-refractivity contribution in [3.63, 3.8) is 0 Å². The molecule has 0 amide bonds. The summed E-state index contributed by atoms with van der Waals surface area (Å²) in [4.78, 5) is 8.56. The molecule has 0 aliphatic rings. The van der Waals surface area contributed by atoms with Crippen molar-refractivity contribution in [2.75, 3.05) is 0 Å². The molecule has 44 valence electrons. The van der Waals surface area contributed by atoms with Crippen LogP contribution < -0.4 is 9.41 Å². The van der Waals surface area contributed by atoms with Crippen molar-refractivity contribution in [3.05, 3.63) is 0 Å². The summed E-state index contributed by atoms with van der Waals surface area (Å²) < 4.78 is 0. The van der Waals surface area contributed by atoms with Crippen LogP contribution in [0.4, 0.5) is 4.79 Å². The summed E-state index contributed by atoms with van der Waals surface area (Å²) in [5, 5.41) is 13.9. The third kappa shape index (κ3) is 124. The SMILES string of the molecule is O=C(O)O.[Ca+2].[Ca+2].[F-].[F-].[H-].[H-]. The van der Waals surface area contributed by atoms with Crippen molar-refractivity contribution >= 4 is 81.6 Å². The van der Waals surface area contributed by atoms with E-state index in [2.05, 4.69) is 0 Å². The van der Waals surface area contributed by atoms with Crippen LogP contribution in [0, 0.1) is 0 Å². The summed E-state index contributed by atoms with van der Waals surface area (Å²) in [7, 11) is 0. The summed E-state index contributed by atoms with van der Waals surface area (Å²) in [6.45, 7) is 0. The summed E-state index contributed by atoms with van der Waals surface area (Å²) in [5.41, 5.74) is 0. The first-order valence-corrected chi connectivity index (χ1v) is 0.651. The van der Waals surface area contributed by atoms with Gasteiger partial charge in [-0.2, -0.15) is 0 Å². The van der Waals surface area contributed by atoms with Gasteiger partial charge in [-0.05, 0) is 0 Å². The second-order valence-electron chi connectivity index (χ2n) is 0.283. The van der Waals surface area contributed by atoms with E-state index in [4.69, 9.17) is 15.0 Å². The van der Waals surface area contributed by atoms with Crippen LogP contribution >= 0.6 is 0 Å². The van der Waals surface area contributed by atoms with Crippen LogP contribution in [0.1, 0.15) is 2.85 Å². The molecule has 0 aromatic heterocycles. The first-order valence-electron chi connectivity index (χ1n) is 0.651. The van der Waals surface area contributed by atoms with Crippen LogP contribution in [0.15, 0.2) is 0 Å². The number of rotatable bonds is 0. The van der Waals surface area contributed by atoms with Crippen LogP contribution in [0.2, 0.25) is 0 Å². The van der Waals surface area contributed by atoms with Gasteiger partial charge in [-0.1, -0.05) is 0 Å². The molecule has 0 atom stereocenters. The van der Waals surface area contributed by atoms with E-state index in [0.717, 1.165) is 0 Å². The van der Waals surface area contributed by atoms with E-state index >= 15 is 0 Å². The summed E-state index contributed by atoms with van der Waals surface area (Å²) in [6, 6.07) is 0. The minimum Gasteiger partial charge on any atom is -1.00 e. The summed E-state index contributed by atoms with van der Waals surface area (Å²) in [5.74, 6) is 0. The second-order valence-corrected chi connectivity index (χ2v) is 0.283. The van der Waals surface area contributed by atoms with Gasteiger partial charge in [-0.15, -0.1) is 0 Å². The molecule has 0 aliphatic carbocycles. The minimum atomic E-state index is -1.83. The summed E-state index contributed by atoms with van der Waals surface area (Å²) in [6.07, 6.45) is -1.83. The van der Waals surface area contributed by atoms with E-state index in [9.17, 15) is 0 Å². The Morgan fingerprint density at radius 2 is 1.12 bits per heavy atom. The van der Waals surface area contributed by atoms with Gasteiger partial charge in [0, 0.05) is 0 Å².